The molecule has 2 atom stereocenters. The van der Waals surface area contributed by atoms with Crippen molar-refractivity contribution in [1.82, 2.24) is 67.0 Å². The first-order chi connectivity index (χ1) is 42.6. The third kappa shape index (κ3) is 27.9. The van der Waals surface area contributed by atoms with Gasteiger partial charge in [-0.05, 0) is 130 Å². The lowest BCUT2D eigenvalue weighted by atomic mass is 10.0. The van der Waals surface area contributed by atoms with Crippen molar-refractivity contribution in [2.45, 2.75) is 129 Å². The van der Waals surface area contributed by atoms with Gasteiger partial charge in [-0.25, -0.2) is 33.3 Å². The maximum atomic E-state index is 13.4. The van der Waals surface area contributed by atoms with Crippen molar-refractivity contribution in [3.63, 3.8) is 0 Å². The lowest BCUT2D eigenvalue weighted by Gasteiger charge is -2.29. The highest BCUT2D eigenvalue weighted by Crippen LogP contribution is 2.17. The van der Waals surface area contributed by atoms with E-state index in [9.17, 15) is 33.6 Å². The van der Waals surface area contributed by atoms with Crippen LogP contribution in [-0.2, 0) is 69.1 Å². The molecule has 0 fully saturated rings. The molecule has 0 aliphatic carbocycles. The van der Waals surface area contributed by atoms with Crippen LogP contribution in [-0.4, -0.2) is 152 Å². The summed E-state index contributed by atoms with van der Waals surface area (Å²) in [6.07, 6.45) is 0.376. The second-order valence-electron chi connectivity index (χ2n) is 22.1. The van der Waals surface area contributed by atoms with Crippen molar-refractivity contribution in [2.24, 2.45) is 5.73 Å². The molecular formula is C61H83ClN14O14. The molecule has 6 rings (SSSR count). The van der Waals surface area contributed by atoms with Crippen molar-refractivity contribution < 1.29 is 66.7 Å². The Morgan fingerprint density at radius 1 is 0.500 bits per heavy atom. The number of carbonyl (C=O) groups excluding carboxylic acids is 7. The summed E-state index contributed by atoms with van der Waals surface area (Å²) in [6.45, 7) is 13.5. The zero-order chi connectivity index (χ0) is 64.5. The zero-order valence-corrected chi connectivity index (χ0v) is 52.6. The number of nitrogens with zero attached hydrogens (tertiary/aromatic N) is 8. The number of benzene rings is 4. The molecule has 0 spiro atoms. The fourth-order valence-corrected chi connectivity index (χ4v) is 7.67. The molecular weight excluding hydrogens is 1190 g/mol. The second kappa shape index (κ2) is 38.3. The number of halogens is 1. The van der Waals surface area contributed by atoms with E-state index in [2.05, 4.69) is 57.6 Å². The van der Waals surface area contributed by atoms with Crippen LogP contribution in [0, 0.1) is 0 Å². The molecule has 29 heteroatoms. The number of esters is 2. The highest BCUT2D eigenvalue weighted by atomic mass is 35.5. The largest absolute Gasteiger partial charge is 0.462 e. The van der Waals surface area contributed by atoms with Crippen LogP contribution in [0.25, 0.3) is 0 Å². The predicted octanol–water partition coefficient (Wildman–Crippen LogP) is 6.28. The van der Waals surface area contributed by atoms with Gasteiger partial charge in [0.15, 0.2) is 11.6 Å². The van der Waals surface area contributed by atoms with Gasteiger partial charge >= 0.3 is 30.2 Å². The van der Waals surface area contributed by atoms with Gasteiger partial charge in [-0.1, -0.05) is 97.1 Å². The standard InChI is InChI=1S/C33H45N7O8.C28H37N7O6.ClH/c1-32(2,3)48-31(44)36-33(4,5)29(42)35-26(23-45-22-24-14-8-6-9-15-24)27-37-38-39-40(27)19-21-47-30(43)34-18-12-13-20-46-28(41)25-16-10-7-11-17-25;1-28(2,29)26(37)31-23(20-39-19-21-11-5-3-6-12-21)24-32-33-34-35(24)16-18-41-27(38)30-15-9-10-17-40-25(36)22-13-7-4-8-14-22;/h6-11,14-17,26H,12-13,18-23H2,1-5H3,(H,34,43)(H,35,42)(H,36,44);3-8,11-14,23H,9-10,15-20,29H2,1-2H3,(H,30,38)(H,31,37);1H/t26-;23-;/m11./s1. The van der Waals surface area contributed by atoms with Gasteiger partial charge in [0.05, 0.1) is 69.4 Å². The summed E-state index contributed by atoms with van der Waals surface area (Å²) >= 11 is 0. The molecule has 5 amide bonds. The molecule has 90 heavy (non-hydrogen) atoms. The average Bonchev–Trinajstić information content (AvgIpc) is 3.36. The number of ether oxygens (including phenoxy) is 7. The fraction of sp³-hybridized carbons (Fsp3) is 0.459. The van der Waals surface area contributed by atoms with Crippen molar-refractivity contribution in [2.75, 3.05) is 52.7 Å². The predicted molar refractivity (Wildman–Crippen MR) is 329 cm³/mol. The molecule has 0 unspecified atom stereocenters. The zero-order valence-electron chi connectivity index (χ0n) is 51.8. The lowest BCUT2D eigenvalue weighted by Crippen LogP contribution is -2.56. The molecule has 7 N–H and O–H groups in total. The van der Waals surface area contributed by atoms with Crippen LogP contribution in [0.2, 0.25) is 0 Å². The van der Waals surface area contributed by atoms with E-state index >= 15 is 0 Å². The van der Waals surface area contributed by atoms with Crippen LogP contribution in [0.15, 0.2) is 121 Å². The molecule has 4 aromatic carbocycles. The SMILES string of the molecule is CC(C)(C)OC(=O)NC(C)(C)C(=O)N[C@H](COCc1ccccc1)c1nnnn1CCOC(=O)NCCCCOC(=O)c1ccccc1.CC(C)(N)C(=O)N[C@H](COCc1ccccc1)c1nnnn1CCOC(=O)NCCCCOC(=O)c1ccccc1.Cl. The van der Waals surface area contributed by atoms with E-state index in [-0.39, 0.29) is 83.5 Å². The highest BCUT2D eigenvalue weighted by molar-refractivity contribution is 5.90. The van der Waals surface area contributed by atoms with Crippen molar-refractivity contribution >= 4 is 54.4 Å². The van der Waals surface area contributed by atoms with Crippen molar-refractivity contribution in [1.29, 1.82) is 0 Å². The van der Waals surface area contributed by atoms with Crippen LogP contribution in [0.3, 0.4) is 0 Å². The number of carbonyl (C=O) groups is 7. The molecule has 0 bridgehead atoms. The summed E-state index contributed by atoms with van der Waals surface area (Å²) in [7, 11) is 0. The number of rotatable bonds is 33. The molecule has 0 aliphatic rings. The average molecular weight is 1270 g/mol. The maximum Gasteiger partial charge on any atom is 0.408 e. The Morgan fingerprint density at radius 3 is 1.28 bits per heavy atom. The monoisotopic (exact) mass is 1270 g/mol. The smallest absolute Gasteiger partial charge is 0.408 e. The molecule has 0 aliphatic heterocycles. The van der Waals surface area contributed by atoms with Gasteiger partial charge in [-0.2, -0.15) is 0 Å². The summed E-state index contributed by atoms with van der Waals surface area (Å²) < 4.78 is 40.9. The van der Waals surface area contributed by atoms with Gasteiger partial charge in [0.25, 0.3) is 0 Å². The summed E-state index contributed by atoms with van der Waals surface area (Å²) in [5, 5.41) is 37.2. The van der Waals surface area contributed by atoms with Gasteiger partial charge < -0.3 is 65.5 Å². The van der Waals surface area contributed by atoms with Gasteiger partial charge in [0.2, 0.25) is 11.8 Å². The van der Waals surface area contributed by atoms with E-state index < -0.39 is 64.8 Å². The number of hydrogen-bond donors (Lipinski definition) is 6. The first kappa shape index (κ1) is 73.4. The number of hydrogen-bond acceptors (Lipinski definition) is 21. The Morgan fingerprint density at radius 2 is 0.889 bits per heavy atom. The van der Waals surface area contributed by atoms with Crippen molar-refractivity contribution in [3.8, 4) is 0 Å². The Labute approximate surface area is 529 Å². The number of nitrogens with one attached hydrogen (secondary N) is 5. The van der Waals surface area contributed by atoms with E-state index in [0.717, 1.165) is 11.1 Å². The quantitative estimate of drug-likeness (QED) is 0.0150. The topological polar surface area (TPSA) is 357 Å². The van der Waals surface area contributed by atoms with E-state index in [0.29, 0.717) is 62.3 Å². The molecule has 28 nitrogen and oxygen atoms in total. The first-order valence-electron chi connectivity index (χ1n) is 29.0. The minimum Gasteiger partial charge on any atom is -0.462 e. The normalized spacial score (nSPS) is 11.8. The Bertz CT molecular complexity index is 3110. The summed E-state index contributed by atoms with van der Waals surface area (Å²) in [5.74, 6) is -1.09. The maximum absolute atomic E-state index is 13.4. The number of tetrazole rings is 2. The summed E-state index contributed by atoms with van der Waals surface area (Å²) in [5.41, 5.74) is 5.62. The van der Waals surface area contributed by atoms with Gasteiger partial charge in [-0.15, -0.1) is 22.6 Å². The molecule has 2 aromatic heterocycles. The summed E-state index contributed by atoms with van der Waals surface area (Å²) in [4.78, 5) is 86.6. The van der Waals surface area contributed by atoms with E-state index in [1.807, 2.05) is 72.8 Å². The van der Waals surface area contributed by atoms with Crippen LogP contribution in [0.4, 0.5) is 14.4 Å². The third-order valence-corrected chi connectivity index (χ3v) is 12.4. The third-order valence-electron chi connectivity index (χ3n) is 12.4. The van der Waals surface area contributed by atoms with Gasteiger partial charge in [0.1, 0.15) is 36.4 Å². The minimum absolute atomic E-state index is 0. The molecule has 0 saturated carbocycles. The molecule has 6 aromatic rings. The molecule has 0 saturated heterocycles. The van der Waals surface area contributed by atoms with Gasteiger partial charge in [-0.3, -0.25) is 9.59 Å². The lowest BCUT2D eigenvalue weighted by molar-refractivity contribution is -0.128. The van der Waals surface area contributed by atoms with Crippen LogP contribution in [0.1, 0.15) is 130 Å². The number of alkyl carbamates (subject to hydrolysis) is 3. The number of amides is 5. The first-order valence-corrected chi connectivity index (χ1v) is 29.0. The van der Waals surface area contributed by atoms with E-state index in [1.54, 1.807) is 97.0 Å². The summed E-state index contributed by atoms with van der Waals surface area (Å²) in [6, 6.07) is 35.1. The Hall–Kier alpha value is -9.12. The number of aromatic nitrogens is 8. The van der Waals surface area contributed by atoms with Crippen LogP contribution >= 0.6 is 12.4 Å². The van der Waals surface area contributed by atoms with Crippen molar-refractivity contribution in [3.05, 3.63) is 155 Å². The van der Waals surface area contributed by atoms with Crippen LogP contribution in [0.5, 0.6) is 0 Å². The van der Waals surface area contributed by atoms with E-state index in [4.69, 9.17) is 38.9 Å². The highest BCUT2D eigenvalue weighted by Gasteiger charge is 2.35. The van der Waals surface area contributed by atoms with Crippen LogP contribution < -0.4 is 32.3 Å². The number of nitrogens with two attached hydrogens (primary N) is 1. The fourth-order valence-electron chi connectivity index (χ4n) is 7.67. The van der Waals surface area contributed by atoms with E-state index in [1.165, 1.54) is 9.36 Å². The molecule has 2 heterocycles. The molecule has 488 valence electrons. The van der Waals surface area contributed by atoms with Gasteiger partial charge in [0, 0.05) is 13.1 Å². The molecule has 0 radical (unpaired) electrons. The minimum atomic E-state index is -1.36. The number of unbranched alkanes of at least 4 members (excludes halogenated alkanes) is 2. The Balaban J connectivity index is 0.000000385. The second-order valence-corrected chi connectivity index (χ2v) is 22.1. The Kier molecular flexibility index (Phi) is 31.2.